The summed E-state index contributed by atoms with van der Waals surface area (Å²) in [5.74, 6) is 1.73. The van der Waals surface area contributed by atoms with Crippen LogP contribution >= 0.6 is 15.9 Å². The summed E-state index contributed by atoms with van der Waals surface area (Å²) < 4.78 is 11.6. The van der Waals surface area contributed by atoms with Crippen LogP contribution < -0.4 is 10.5 Å². The van der Waals surface area contributed by atoms with Crippen molar-refractivity contribution in [2.45, 2.75) is 0 Å². The van der Waals surface area contributed by atoms with Crippen LogP contribution in [0.2, 0.25) is 0 Å². The molecule has 1 aromatic heterocycles. The summed E-state index contributed by atoms with van der Waals surface area (Å²) in [5.41, 5.74) is 8.57. The van der Waals surface area contributed by atoms with E-state index < -0.39 is 0 Å². The molecule has 2 N–H and O–H groups in total. The van der Waals surface area contributed by atoms with Gasteiger partial charge in [0.05, 0.1) is 12.7 Å². The van der Waals surface area contributed by atoms with Crippen LogP contribution in [0.3, 0.4) is 0 Å². The predicted molar refractivity (Wildman–Crippen MR) is 86.0 cm³/mol. The molecule has 0 aliphatic carbocycles. The number of nitrogens with two attached hydrogens (primary N) is 1. The van der Waals surface area contributed by atoms with E-state index in [1.165, 1.54) is 0 Å². The van der Waals surface area contributed by atoms with E-state index in [0.717, 1.165) is 26.9 Å². The van der Waals surface area contributed by atoms with E-state index >= 15 is 0 Å². The van der Waals surface area contributed by atoms with Gasteiger partial charge in [0.2, 0.25) is 0 Å². The van der Waals surface area contributed by atoms with E-state index in [1.807, 2.05) is 48.5 Å². The quantitative estimate of drug-likeness (QED) is 0.766. The summed E-state index contributed by atoms with van der Waals surface area (Å²) in [6.45, 7) is 0. The summed E-state index contributed by atoms with van der Waals surface area (Å²) in [6.07, 6.45) is 0. The molecule has 0 bridgehead atoms. The number of nitrogen functional groups attached to an aromatic ring is 1. The first-order valence-corrected chi connectivity index (χ1v) is 7.14. The molecule has 0 amide bonds. The second-order valence-corrected chi connectivity index (χ2v) is 5.34. The van der Waals surface area contributed by atoms with E-state index in [-0.39, 0.29) is 0 Å². The standard InChI is InChI=1S/C16H13BrN2O2/c1-20-11-6-4-5-10(9-11)15-14(16(18)19-21-15)12-7-2-3-8-13(12)17/h2-9H,1H3,(H2,18,19). The lowest BCUT2D eigenvalue weighted by atomic mass is 10.0. The Morgan fingerprint density at radius 3 is 2.71 bits per heavy atom. The largest absolute Gasteiger partial charge is 0.497 e. The van der Waals surface area contributed by atoms with Crippen LogP contribution in [0.4, 0.5) is 5.82 Å². The van der Waals surface area contributed by atoms with Crippen molar-refractivity contribution in [2.75, 3.05) is 12.8 Å². The van der Waals surface area contributed by atoms with Crippen molar-refractivity contribution in [3.05, 3.63) is 53.0 Å². The maximum Gasteiger partial charge on any atom is 0.177 e. The molecule has 21 heavy (non-hydrogen) atoms. The number of rotatable bonds is 3. The lowest BCUT2D eigenvalue weighted by Gasteiger charge is -2.06. The number of benzene rings is 2. The van der Waals surface area contributed by atoms with Gasteiger partial charge in [-0.05, 0) is 18.2 Å². The van der Waals surface area contributed by atoms with Gasteiger partial charge in [0, 0.05) is 15.6 Å². The molecule has 0 atom stereocenters. The first-order chi connectivity index (χ1) is 10.2. The van der Waals surface area contributed by atoms with Gasteiger partial charge in [0.25, 0.3) is 0 Å². The Hall–Kier alpha value is -2.27. The molecule has 0 unspecified atom stereocenters. The summed E-state index contributed by atoms with van der Waals surface area (Å²) in [6, 6.07) is 15.4. The molecule has 0 saturated carbocycles. The minimum atomic E-state index is 0.361. The maximum absolute atomic E-state index is 5.99. The Bertz CT molecular complexity index is 783. The molecule has 3 aromatic rings. The van der Waals surface area contributed by atoms with Crippen LogP contribution in [0, 0.1) is 0 Å². The normalized spacial score (nSPS) is 10.6. The van der Waals surface area contributed by atoms with Crippen molar-refractivity contribution in [3.63, 3.8) is 0 Å². The molecule has 106 valence electrons. The van der Waals surface area contributed by atoms with Crippen molar-refractivity contribution >= 4 is 21.7 Å². The number of aromatic nitrogens is 1. The third-order valence-electron chi connectivity index (χ3n) is 3.19. The van der Waals surface area contributed by atoms with Gasteiger partial charge < -0.3 is 15.0 Å². The Morgan fingerprint density at radius 2 is 1.95 bits per heavy atom. The summed E-state index contributed by atoms with van der Waals surface area (Å²) in [5, 5.41) is 3.91. The highest BCUT2D eigenvalue weighted by Crippen LogP contribution is 2.40. The maximum atomic E-state index is 5.99. The Kier molecular flexibility index (Phi) is 3.66. The molecule has 4 nitrogen and oxygen atoms in total. The highest BCUT2D eigenvalue weighted by atomic mass is 79.9. The molecular weight excluding hydrogens is 332 g/mol. The second-order valence-electron chi connectivity index (χ2n) is 4.48. The van der Waals surface area contributed by atoms with Crippen LogP contribution in [-0.4, -0.2) is 12.3 Å². The van der Waals surface area contributed by atoms with Crippen LogP contribution in [-0.2, 0) is 0 Å². The summed E-state index contributed by atoms with van der Waals surface area (Å²) >= 11 is 3.54. The molecule has 3 rings (SSSR count). The highest BCUT2D eigenvalue weighted by molar-refractivity contribution is 9.10. The number of anilines is 1. The van der Waals surface area contributed by atoms with Gasteiger partial charge in [-0.25, -0.2) is 0 Å². The predicted octanol–water partition coefficient (Wildman–Crippen LogP) is 4.36. The number of halogens is 1. The number of nitrogens with zero attached hydrogens (tertiary/aromatic N) is 1. The van der Waals surface area contributed by atoms with Gasteiger partial charge >= 0.3 is 0 Å². The minimum Gasteiger partial charge on any atom is -0.497 e. The van der Waals surface area contributed by atoms with Crippen LogP contribution in [0.25, 0.3) is 22.5 Å². The number of hydrogen-bond acceptors (Lipinski definition) is 4. The molecule has 0 spiro atoms. The van der Waals surface area contributed by atoms with Crippen molar-refractivity contribution in [2.24, 2.45) is 0 Å². The minimum absolute atomic E-state index is 0.361. The first kappa shape index (κ1) is 13.7. The second kappa shape index (κ2) is 5.61. The highest BCUT2D eigenvalue weighted by Gasteiger charge is 2.19. The van der Waals surface area contributed by atoms with E-state index in [2.05, 4.69) is 21.1 Å². The number of methoxy groups -OCH3 is 1. The average Bonchev–Trinajstić information content (AvgIpc) is 2.89. The molecule has 0 fully saturated rings. The van der Waals surface area contributed by atoms with Crippen LogP contribution in [0.15, 0.2) is 57.5 Å². The van der Waals surface area contributed by atoms with E-state index in [0.29, 0.717) is 11.6 Å². The van der Waals surface area contributed by atoms with Crippen LogP contribution in [0.1, 0.15) is 0 Å². The van der Waals surface area contributed by atoms with Crippen LogP contribution in [0.5, 0.6) is 5.75 Å². The molecule has 2 aromatic carbocycles. The summed E-state index contributed by atoms with van der Waals surface area (Å²) in [4.78, 5) is 0. The fraction of sp³-hybridized carbons (Fsp3) is 0.0625. The monoisotopic (exact) mass is 344 g/mol. The van der Waals surface area contributed by atoms with Crippen molar-refractivity contribution in [3.8, 4) is 28.2 Å². The van der Waals surface area contributed by atoms with Crippen molar-refractivity contribution in [1.29, 1.82) is 0 Å². The molecule has 5 heteroatoms. The molecule has 1 heterocycles. The topological polar surface area (TPSA) is 61.3 Å². The lowest BCUT2D eigenvalue weighted by molar-refractivity contribution is 0.413. The zero-order valence-corrected chi connectivity index (χ0v) is 12.9. The van der Waals surface area contributed by atoms with Crippen molar-refractivity contribution in [1.82, 2.24) is 5.16 Å². The fourth-order valence-electron chi connectivity index (χ4n) is 2.19. The van der Waals surface area contributed by atoms with Gasteiger partial charge in [-0.15, -0.1) is 0 Å². The van der Waals surface area contributed by atoms with Gasteiger partial charge in [0.15, 0.2) is 11.6 Å². The molecule has 0 radical (unpaired) electrons. The third-order valence-corrected chi connectivity index (χ3v) is 3.89. The molecular formula is C16H13BrN2O2. The lowest BCUT2D eigenvalue weighted by Crippen LogP contribution is -1.90. The van der Waals surface area contributed by atoms with Gasteiger partial charge in [-0.1, -0.05) is 51.4 Å². The van der Waals surface area contributed by atoms with E-state index in [4.69, 9.17) is 15.0 Å². The summed E-state index contributed by atoms with van der Waals surface area (Å²) in [7, 11) is 1.63. The zero-order chi connectivity index (χ0) is 14.8. The fourth-order valence-corrected chi connectivity index (χ4v) is 2.67. The first-order valence-electron chi connectivity index (χ1n) is 6.35. The SMILES string of the molecule is COc1cccc(-c2onc(N)c2-c2ccccc2Br)c1. The van der Waals surface area contributed by atoms with E-state index in [9.17, 15) is 0 Å². The zero-order valence-electron chi connectivity index (χ0n) is 11.3. The van der Waals surface area contributed by atoms with Gasteiger partial charge in [-0.3, -0.25) is 0 Å². The number of hydrogen-bond donors (Lipinski definition) is 1. The Labute approximate surface area is 130 Å². The molecule has 0 saturated heterocycles. The molecule has 0 aliphatic rings. The average molecular weight is 345 g/mol. The van der Waals surface area contributed by atoms with Gasteiger partial charge in [-0.2, -0.15) is 0 Å². The Morgan fingerprint density at radius 1 is 1.14 bits per heavy atom. The molecule has 0 aliphatic heterocycles. The Balaban J connectivity index is 2.20. The van der Waals surface area contributed by atoms with Gasteiger partial charge in [0.1, 0.15) is 5.75 Å². The van der Waals surface area contributed by atoms with Crippen molar-refractivity contribution < 1.29 is 9.26 Å². The number of ether oxygens (including phenoxy) is 1. The smallest absolute Gasteiger partial charge is 0.177 e. The van der Waals surface area contributed by atoms with E-state index in [1.54, 1.807) is 7.11 Å². The third kappa shape index (κ3) is 2.52.